The molecule has 1 aromatic carbocycles. The highest BCUT2D eigenvalue weighted by Gasteiger charge is 2.36. The number of carbonyl (C=O) groups is 1. The predicted octanol–water partition coefficient (Wildman–Crippen LogP) is 4.56. The Morgan fingerprint density at radius 3 is 2.60 bits per heavy atom. The summed E-state index contributed by atoms with van der Waals surface area (Å²) in [6.07, 6.45) is -4.59. The summed E-state index contributed by atoms with van der Waals surface area (Å²) in [5.41, 5.74) is 5.64. The molecule has 8 heteroatoms. The van der Waals surface area contributed by atoms with Gasteiger partial charge in [-0.25, -0.2) is 9.78 Å². The summed E-state index contributed by atoms with van der Waals surface area (Å²) in [6, 6.07) is 9.87. The van der Waals surface area contributed by atoms with Gasteiger partial charge in [0.15, 0.2) is 0 Å². The highest BCUT2D eigenvalue weighted by atomic mass is 32.1. The molecule has 0 spiro atoms. The van der Waals surface area contributed by atoms with E-state index in [0.717, 1.165) is 23.0 Å². The zero-order valence-electron chi connectivity index (χ0n) is 13.1. The lowest BCUT2D eigenvalue weighted by Crippen LogP contribution is -2.09. The van der Waals surface area contributed by atoms with Crippen molar-refractivity contribution in [3.63, 3.8) is 0 Å². The summed E-state index contributed by atoms with van der Waals surface area (Å²) in [4.78, 5) is 16.3. The molecule has 0 aliphatic heterocycles. The van der Waals surface area contributed by atoms with E-state index in [4.69, 9.17) is 10.5 Å². The molecule has 2 heterocycles. The number of ether oxygens (including phenoxy) is 1. The molecule has 4 nitrogen and oxygen atoms in total. The number of nitrogens with two attached hydrogens (primary N) is 1. The molecule has 25 heavy (non-hydrogen) atoms. The van der Waals surface area contributed by atoms with Crippen LogP contribution in [-0.2, 0) is 17.5 Å². The van der Waals surface area contributed by atoms with E-state index in [1.54, 1.807) is 24.3 Å². The van der Waals surface area contributed by atoms with Crippen molar-refractivity contribution in [3.8, 4) is 0 Å². The van der Waals surface area contributed by atoms with Gasteiger partial charge < -0.3 is 10.5 Å². The molecule has 0 radical (unpaired) electrons. The minimum atomic E-state index is -4.59. The van der Waals surface area contributed by atoms with E-state index < -0.39 is 17.7 Å². The number of carbonyl (C=O) groups excluding carboxylic acids is 1. The van der Waals surface area contributed by atoms with Crippen LogP contribution in [0.2, 0.25) is 0 Å². The van der Waals surface area contributed by atoms with Crippen molar-refractivity contribution >= 4 is 33.2 Å². The summed E-state index contributed by atoms with van der Waals surface area (Å²) in [5.74, 6) is -0.768. The molecule has 0 fully saturated rings. The number of aryl methyl sites for hydroxylation is 1. The lowest BCUT2D eigenvalue weighted by atomic mass is 10.1. The van der Waals surface area contributed by atoms with Crippen molar-refractivity contribution in [3.05, 3.63) is 58.1 Å². The fourth-order valence-electron chi connectivity index (χ4n) is 2.41. The van der Waals surface area contributed by atoms with E-state index in [0.29, 0.717) is 0 Å². The normalized spacial score (nSPS) is 11.7. The molecule has 2 N–H and O–H groups in total. The van der Waals surface area contributed by atoms with Gasteiger partial charge in [-0.2, -0.15) is 13.2 Å². The van der Waals surface area contributed by atoms with Crippen molar-refractivity contribution < 1.29 is 22.7 Å². The Kier molecular flexibility index (Phi) is 4.38. The highest BCUT2D eigenvalue weighted by molar-refractivity contribution is 7.21. The monoisotopic (exact) mass is 366 g/mol. The largest absolute Gasteiger partial charge is 0.457 e. The maximum absolute atomic E-state index is 13.3. The molecule has 0 amide bonds. The van der Waals surface area contributed by atoms with Crippen LogP contribution in [0, 0.1) is 6.92 Å². The Morgan fingerprint density at radius 1 is 1.28 bits per heavy atom. The van der Waals surface area contributed by atoms with Crippen molar-refractivity contribution in [2.75, 3.05) is 5.73 Å². The molecule has 3 rings (SSSR count). The number of esters is 1. The van der Waals surface area contributed by atoms with Crippen LogP contribution in [0.1, 0.15) is 26.5 Å². The number of fused-ring (bicyclic) bond motifs is 1. The second-order valence-electron chi connectivity index (χ2n) is 5.40. The minimum Gasteiger partial charge on any atom is -0.457 e. The maximum atomic E-state index is 13.3. The van der Waals surface area contributed by atoms with Gasteiger partial charge in [0.25, 0.3) is 0 Å². The van der Waals surface area contributed by atoms with Crippen LogP contribution in [-0.4, -0.2) is 11.0 Å². The van der Waals surface area contributed by atoms with Crippen molar-refractivity contribution in [2.45, 2.75) is 19.7 Å². The third-order valence-corrected chi connectivity index (χ3v) is 4.61. The number of halogens is 3. The molecular formula is C17H13F3N2O2S. The summed E-state index contributed by atoms with van der Waals surface area (Å²) >= 11 is 0.801. The number of hydrogen-bond acceptors (Lipinski definition) is 5. The van der Waals surface area contributed by atoms with Crippen LogP contribution < -0.4 is 5.73 Å². The SMILES string of the molecule is Cc1cc(C(F)(F)F)c2c(N)c(C(=O)OCc3ccccc3)sc2n1. The molecule has 0 saturated carbocycles. The van der Waals surface area contributed by atoms with Crippen molar-refractivity contribution in [1.29, 1.82) is 0 Å². The molecule has 2 aromatic heterocycles. The zero-order valence-corrected chi connectivity index (χ0v) is 13.9. The van der Waals surface area contributed by atoms with Gasteiger partial charge in [0.05, 0.1) is 11.3 Å². The van der Waals surface area contributed by atoms with Crippen LogP contribution in [0.15, 0.2) is 36.4 Å². The number of thiophene rings is 1. The second-order valence-corrected chi connectivity index (χ2v) is 6.39. The number of rotatable bonds is 3. The molecule has 3 aromatic rings. The molecule has 0 aliphatic carbocycles. The van der Waals surface area contributed by atoms with Gasteiger partial charge in [-0.3, -0.25) is 0 Å². The third-order valence-electron chi connectivity index (χ3n) is 3.53. The summed E-state index contributed by atoms with van der Waals surface area (Å²) in [5, 5.41) is -0.255. The first-order valence-electron chi connectivity index (χ1n) is 7.25. The van der Waals surface area contributed by atoms with Gasteiger partial charge >= 0.3 is 12.1 Å². The second kappa shape index (κ2) is 6.36. The Morgan fingerprint density at radius 2 is 1.96 bits per heavy atom. The number of nitrogens with zero attached hydrogens (tertiary/aromatic N) is 1. The average molecular weight is 366 g/mol. The lowest BCUT2D eigenvalue weighted by Gasteiger charge is -2.09. The predicted molar refractivity (Wildman–Crippen MR) is 89.3 cm³/mol. The van der Waals surface area contributed by atoms with Crippen molar-refractivity contribution in [2.24, 2.45) is 0 Å². The number of pyridine rings is 1. The topological polar surface area (TPSA) is 65.2 Å². The third kappa shape index (κ3) is 3.43. The van der Waals surface area contributed by atoms with Gasteiger partial charge in [-0.1, -0.05) is 30.3 Å². The number of hydrogen-bond donors (Lipinski definition) is 1. The molecule has 0 aliphatic rings. The number of alkyl halides is 3. The maximum Gasteiger partial charge on any atom is 0.417 e. The highest BCUT2D eigenvalue weighted by Crippen LogP contribution is 2.42. The van der Waals surface area contributed by atoms with Crippen LogP contribution >= 0.6 is 11.3 Å². The number of anilines is 1. The number of benzene rings is 1. The van der Waals surface area contributed by atoms with Gasteiger partial charge in [0.2, 0.25) is 0 Å². The molecule has 0 unspecified atom stereocenters. The van der Waals surface area contributed by atoms with Gasteiger partial charge in [-0.15, -0.1) is 11.3 Å². The fourth-order valence-corrected chi connectivity index (χ4v) is 3.47. The van der Waals surface area contributed by atoms with Gasteiger partial charge in [-0.05, 0) is 18.6 Å². The quantitative estimate of drug-likeness (QED) is 0.690. The Hall–Kier alpha value is -2.61. The van der Waals surface area contributed by atoms with Crippen LogP contribution in [0.3, 0.4) is 0 Å². The van der Waals surface area contributed by atoms with Gasteiger partial charge in [0.1, 0.15) is 16.3 Å². The summed E-state index contributed by atoms with van der Waals surface area (Å²) < 4.78 is 45.0. The summed E-state index contributed by atoms with van der Waals surface area (Å²) in [7, 11) is 0. The first-order valence-corrected chi connectivity index (χ1v) is 8.07. The first-order chi connectivity index (χ1) is 11.8. The van der Waals surface area contributed by atoms with Crippen LogP contribution in [0.4, 0.5) is 18.9 Å². The van der Waals surface area contributed by atoms with E-state index in [1.165, 1.54) is 6.92 Å². The standard InChI is InChI=1S/C17H13F3N2O2S/c1-9-7-11(17(18,19)20)12-13(21)14(25-15(12)22-9)16(23)24-8-10-5-3-2-4-6-10/h2-7H,8,21H2,1H3. The number of nitrogen functional groups attached to an aromatic ring is 1. The Balaban J connectivity index is 1.97. The molecule has 0 saturated heterocycles. The smallest absolute Gasteiger partial charge is 0.417 e. The molecule has 0 atom stereocenters. The molecule has 0 bridgehead atoms. The van der Waals surface area contributed by atoms with Crippen molar-refractivity contribution in [1.82, 2.24) is 4.98 Å². The molecule has 130 valence electrons. The first kappa shape index (κ1) is 17.2. The Bertz CT molecular complexity index is 936. The van der Waals surface area contributed by atoms with E-state index in [-0.39, 0.29) is 33.1 Å². The van der Waals surface area contributed by atoms with Crippen LogP contribution in [0.25, 0.3) is 10.2 Å². The lowest BCUT2D eigenvalue weighted by molar-refractivity contribution is -0.136. The minimum absolute atomic E-state index is 0.00590. The fraction of sp³-hybridized carbons (Fsp3) is 0.176. The van der Waals surface area contributed by atoms with Crippen LogP contribution in [0.5, 0.6) is 0 Å². The zero-order chi connectivity index (χ0) is 18.2. The number of aromatic nitrogens is 1. The van der Waals surface area contributed by atoms with E-state index in [9.17, 15) is 18.0 Å². The summed E-state index contributed by atoms with van der Waals surface area (Å²) in [6.45, 7) is 1.46. The van der Waals surface area contributed by atoms with E-state index >= 15 is 0 Å². The van der Waals surface area contributed by atoms with E-state index in [1.807, 2.05) is 6.07 Å². The Labute approximate surface area is 145 Å². The average Bonchev–Trinajstić information content (AvgIpc) is 2.88. The van der Waals surface area contributed by atoms with Gasteiger partial charge in [0, 0.05) is 11.1 Å². The molecular weight excluding hydrogens is 353 g/mol. The van der Waals surface area contributed by atoms with E-state index in [2.05, 4.69) is 4.98 Å².